The first kappa shape index (κ1) is 20.3. The zero-order valence-corrected chi connectivity index (χ0v) is 17.2. The Labute approximate surface area is 162 Å². The molecule has 0 N–H and O–H groups in total. The first-order chi connectivity index (χ1) is 12.6. The molecule has 4 rings (SSSR count). The van der Waals surface area contributed by atoms with Crippen molar-refractivity contribution < 1.29 is 23.9 Å². The molecule has 0 aromatic carbocycles. The quantitative estimate of drug-likeness (QED) is 0.599. The second-order valence-corrected chi connectivity index (χ2v) is 10.00. The number of Topliss-reactive ketones (excluding diaryl/α,β-unsaturated/α-hetero) is 1. The van der Waals surface area contributed by atoms with Crippen LogP contribution < -0.4 is 0 Å². The molecule has 4 saturated carbocycles. The van der Waals surface area contributed by atoms with E-state index in [1.807, 2.05) is 6.92 Å². The zero-order valence-electron chi connectivity index (χ0n) is 17.2. The molecule has 0 atom stereocenters. The highest BCUT2D eigenvalue weighted by Crippen LogP contribution is 2.63. The van der Waals surface area contributed by atoms with E-state index in [0.717, 1.165) is 11.8 Å². The van der Waals surface area contributed by atoms with E-state index >= 15 is 0 Å². The third-order valence-corrected chi connectivity index (χ3v) is 7.73. The third-order valence-electron chi connectivity index (χ3n) is 7.73. The lowest BCUT2D eigenvalue weighted by Gasteiger charge is -2.60. The fourth-order valence-electron chi connectivity index (χ4n) is 5.69. The van der Waals surface area contributed by atoms with Crippen molar-refractivity contribution in [1.29, 1.82) is 0 Å². The van der Waals surface area contributed by atoms with Gasteiger partial charge < -0.3 is 9.47 Å². The first-order valence-corrected chi connectivity index (χ1v) is 10.5. The van der Waals surface area contributed by atoms with Gasteiger partial charge in [-0.05, 0) is 81.5 Å². The number of carbonyl (C=O) groups is 3. The normalized spacial score (nSPS) is 34.4. The van der Waals surface area contributed by atoms with Crippen LogP contribution in [0.1, 0.15) is 72.6 Å². The molecule has 0 spiro atoms. The smallest absolute Gasteiger partial charge is 0.344 e. The zero-order chi connectivity index (χ0) is 19.8. The molecule has 4 fully saturated rings. The van der Waals surface area contributed by atoms with Gasteiger partial charge in [-0.25, -0.2) is 4.79 Å². The van der Waals surface area contributed by atoms with E-state index in [9.17, 15) is 14.4 Å². The van der Waals surface area contributed by atoms with Gasteiger partial charge in [0.2, 0.25) is 0 Å². The number of carbonyl (C=O) groups excluding carboxylic acids is 3. The Balaban J connectivity index is 1.43. The summed E-state index contributed by atoms with van der Waals surface area (Å²) in [6.07, 6.45) is 7.57. The van der Waals surface area contributed by atoms with E-state index in [1.54, 1.807) is 13.8 Å². The Morgan fingerprint density at radius 1 is 0.926 bits per heavy atom. The molecular formula is C22H34O5. The number of hydrogen-bond acceptors (Lipinski definition) is 5. The van der Waals surface area contributed by atoms with Crippen LogP contribution in [0.25, 0.3) is 0 Å². The summed E-state index contributed by atoms with van der Waals surface area (Å²) in [7, 11) is 0. The van der Waals surface area contributed by atoms with Crippen LogP contribution in [0.15, 0.2) is 0 Å². The van der Waals surface area contributed by atoms with Gasteiger partial charge in [0.25, 0.3) is 0 Å². The molecule has 5 heteroatoms. The third kappa shape index (κ3) is 4.22. The van der Waals surface area contributed by atoms with Crippen LogP contribution in [-0.2, 0) is 23.9 Å². The summed E-state index contributed by atoms with van der Waals surface area (Å²) >= 11 is 0. The fourth-order valence-corrected chi connectivity index (χ4v) is 5.69. The number of ketones is 1. The summed E-state index contributed by atoms with van der Waals surface area (Å²) in [5, 5.41) is 0. The van der Waals surface area contributed by atoms with Crippen molar-refractivity contribution >= 4 is 17.7 Å². The minimum Gasteiger partial charge on any atom is -0.455 e. The van der Waals surface area contributed by atoms with Crippen LogP contribution in [0, 0.1) is 34.5 Å². The summed E-state index contributed by atoms with van der Waals surface area (Å²) < 4.78 is 10.1. The summed E-state index contributed by atoms with van der Waals surface area (Å²) in [6.45, 7) is 7.07. The first-order valence-electron chi connectivity index (χ1n) is 10.5. The molecule has 27 heavy (non-hydrogen) atoms. The van der Waals surface area contributed by atoms with Crippen molar-refractivity contribution in [1.82, 2.24) is 0 Å². The predicted molar refractivity (Wildman–Crippen MR) is 101 cm³/mol. The monoisotopic (exact) mass is 378 g/mol. The van der Waals surface area contributed by atoms with Crippen molar-refractivity contribution in [3.05, 3.63) is 0 Å². The minimum atomic E-state index is -0.654. The van der Waals surface area contributed by atoms with Gasteiger partial charge in [-0.1, -0.05) is 13.8 Å². The molecule has 0 radical (unpaired) electrons. The van der Waals surface area contributed by atoms with Crippen molar-refractivity contribution in [2.45, 2.75) is 72.6 Å². The van der Waals surface area contributed by atoms with Gasteiger partial charge in [0.15, 0.2) is 12.4 Å². The van der Waals surface area contributed by atoms with Crippen LogP contribution >= 0.6 is 0 Å². The van der Waals surface area contributed by atoms with Gasteiger partial charge in [0.1, 0.15) is 6.61 Å². The Morgan fingerprint density at radius 3 is 2.00 bits per heavy atom. The Kier molecular flexibility index (Phi) is 5.69. The van der Waals surface area contributed by atoms with Gasteiger partial charge in [0, 0.05) is 6.42 Å². The van der Waals surface area contributed by atoms with Crippen molar-refractivity contribution in [2.24, 2.45) is 34.5 Å². The lowest BCUT2D eigenvalue weighted by atomic mass is 9.45. The van der Waals surface area contributed by atoms with Gasteiger partial charge in [0.05, 0.1) is 5.41 Å². The standard InChI is InChI=1S/C22H34O5/c1-5-21(2,3)20(25)27-13-19(24)26-12-18(23)11-22(4)16-7-14-6-15(9-16)10-17(22)8-14/h14-17H,5-13H2,1-4H3. The van der Waals surface area contributed by atoms with E-state index in [4.69, 9.17) is 9.47 Å². The summed E-state index contributed by atoms with van der Waals surface area (Å²) in [6, 6.07) is 0. The molecule has 152 valence electrons. The van der Waals surface area contributed by atoms with E-state index in [0.29, 0.717) is 24.7 Å². The average Bonchev–Trinajstić information content (AvgIpc) is 2.62. The fraction of sp³-hybridized carbons (Fsp3) is 0.864. The lowest BCUT2D eigenvalue weighted by Crippen LogP contribution is -2.52. The van der Waals surface area contributed by atoms with Crippen LogP contribution in [0.4, 0.5) is 0 Å². The number of ether oxygens (including phenoxy) is 2. The van der Waals surface area contributed by atoms with Gasteiger partial charge in [-0.2, -0.15) is 0 Å². The predicted octanol–water partition coefficient (Wildman–Crippen LogP) is 3.93. The van der Waals surface area contributed by atoms with E-state index in [2.05, 4.69) is 6.92 Å². The van der Waals surface area contributed by atoms with Crippen molar-refractivity contribution in [2.75, 3.05) is 13.2 Å². The second-order valence-electron chi connectivity index (χ2n) is 10.00. The summed E-state index contributed by atoms with van der Waals surface area (Å²) in [5.74, 6) is 1.94. The lowest BCUT2D eigenvalue weighted by molar-refractivity contribution is -0.166. The minimum absolute atomic E-state index is 0.0152. The molecular weight excluding hydrogens is 344 g/mol. The topological polar surface area (TPSA) is 69.7 Å². The highest BCUT2D eigenvalue weighted by Gasteiger charge is 2.55. The SMILES string of the molecule is CCC(C)(C)C(=O)OCC(=O)OCC(=O)CC1(C)C2CC3CC(C2)CC1C3. The maximum absolute atomic E-state index is 12.5. The molecule has 5 nitrogen and oxygen atoms in total. The van der Waals surface area contributed by atoms with Gasteiger partial charge in [-0.15, -0.1) is 0 Å². The van der Waals surface area contributed by atoms with Crippen molar-refractivity contribution in [3.63, 3.8) is 0 Å². The largest absolute Gasteiger partial charge is 0.455 e. The second kappa shape index (κ2) is 7.56. The number of esters is 2. The molecule has 0 aromatic rings. The van der Waals surface area contributed by atoms with Crippen LogP contribution in [0.5, 0.6) is 0 Å². The number of hydrogen-bond donors (Lipinski definition) is 0. The van der Waals surface area contributed by atoms with Crippen LogP contribution in [0.3, 0.4) is 0 Å². The maximum Gasteiger partial charge on any atom is 0.344 e. The Hall–Kier alpha value is -1.39. The summed E-state index contributed by atoms with van der Waals surface area (Å²) in [5.41, 5.74) is -0.557. The van der Waals surface area contributed by atoms with E-state index in [-0.39, 0.29) is 17.8 Å². The van der Waals surface area contributed by atoms with Gasteiger partial charge >= 0.3 is 11.9 Å². The number of rotatable bonds is 8. The highest BCUT2D eigenvalue weighted by atomic mass is 16.6. The molecule has 4 aliphatic rings. The van der Waals surface area contributed by atoms with Crippen LogP contribution in [-0.4, -0.2) is 30.9 Å². The highest BCUT2D eigenvalue weighted by molar-refractivity contribution is 5.84. The van der Waals surface area contributed by atoms with E-state index < -0.39 is 24.0 Å². The molecule has 0 amide bonds. The van der Waals surface area contributed by atoms with E-state index in [1.165, 1.54) is 32.1 Å². The maximum atomic E-state index is 12.5. The molecule has 0 saturated heterocycles. The summed E-state index contributed by atoms with van der Waals surface area (Å²) in [4.78, 5) is 36.2. The molecule has 0 unspecified atom stereocenters. The molecule has 0 aromatic heterocycles. The molecule has 4 bridgehead atoms. The molecule has 4 aliphatic carbocycles. The van der Waals surface area contributed by atoms with Gasteiger partial charge in [-0.3, -0.25) is 9.59 Å². The molecule has 0 aliphatic heterocycles. The van der Waals surface area contributed by atoms with Crippen molar-refractivity contribution in [3.8, 4) is 0 Å². The van der Waals surface area contributed by atoms with Crippen LogP contribution in [0.2, 0.25) is 0 Å². The molecule has 0 heterocycles. The Bertz CT molecular complexity index is 578. The Morgan fingerprint density at radius 2 is 1.48 bits per heavy atom. The average molecular weight is 379 g/mol.